The third kappa shape index (κ3) is 3.65. The van der Waals surface area contributed by atoms with E-state index in [9.17, 15) is 0 Å². The molecular weight excluding hydrogens is 162 g/mol. The fraction of sp³-hybridized carbons (Fsp3) is 1.00. The Kier molecular flexibility index (Phi) is 5.40. The molecule has 2 nitrogen and oxygen atoms in total. The molecule has 0 saturated heterocycles. The van der Waals surface area contributed by atoms with Gasteiger partial charge in [0.2, 0.25) is 0 Å². The van der Waals surface area contributed by atoms with E-state index in [1.54, 1.807) is 0 Å². The lowest BCUT2D eigenvalue weighted by molar-refractivity contribution is 0.124. The highest BCUT2D eigenvalue weighted by Crippen LogP contribution is 2.22. The third-order valence-corrected chi connectivity index (χ3v) is 2.99. The molecule has 1 saturated carbocycles. The second-order valence-electron chi connectivity index (χ2n) is 4.05. The van der Waals surface area contributed by atoms with E-state index < -0.39 is 0 Å². The van der Waals surface area contributed by atoms with E-state index >= 15 is 0 Å². The summed E-state index contributed by atoms with van der Waals surface area (Å²) in [5.74, 6) is 0. The Labute approximate surface area is 81.9 Å². The highest BCUT2D eigenvalue weighted by atomic mass is 16.3. The van der Waals surface area contributed by atoms with Crippen molar-refractivity contribution in [1.82, 2.24) is 4.90 Å². The average Bonchev–Trinajstić information content (AvgIpc) is 2.19. The van der Waals surface area contributed by atoms with Crippen LogP contribution in [-0.2, 0) is 0 Å². The van der Waals surface area contributed by atoms with E-state index in [1.165, 1.54) is 38.5 Å². The van der Waals surface area contributed by atoms with Crippen LogP contribution in [0.4, 0.5) is 0 Å². The van der Waals surface area contributed by atoms with Gasteiger partial charge in [0, 0.05) is 12.6 Å². The molecule has 0 aromatic rings. The summed E-state index contributed by atoms with van der Waals surface area (Å²) in [6.07, 6.45) is 8.08. The van der Waals surface area contributed by atoms with Gasteiger partial charge in [-0.05, 0) is 25.8 Å². The quantitative estimate of drug-likeness (QED) is 0.708. The lowest BCUT2D eigenvalue weighted by Crippen LogP contribution is -2.39. The van der Waals surface area contributed by atoms with Crippen LogP contribution in [0, 0.1) is 0 Å². The van der Waals surface area contributed by atoms with Crippen LogP contribution in [-0.4, -0.2) is 35.7 Å². The molecule has 1 N–H and O–H groups in total. The van der Waals surface area contributed by atoms with Crippen molar-refractivity contribution in [2.45, 2.75) is 51.5 Å². The summed E-state index contributed by atoms with van der Waals surface area (Å²) in [5.41, 5.74) is 0. The molecule has 1 aliphatic carbocycles. The van der Waals surface area contributed by atoms with Crippen LogP contribution in [0.3, 0.4) is 0 Å². The van der Waals surface area contributed by atoms with Gasteiger partial charge in [-0.15, -0.1) is 0 Å². The smallest absolute Gasteiger partial charge is 0.0558 e. The molecule has 0 heterocycles. The van der Waals surface area contributed by atoms with E-state index in [4.69, 9.17) is 5.11 Å². The van der Waals surface area contributed by atoms with Gasteiger partial charge in [-0.3, -0.25) is 4.90 Å². The SMILES string of the molecule is CCCN(CCO)C1CCCCC1. The lowest BCUT2D eigenvalue weighted by atomic mass is 9.94. The zero-order valence-corrected chi connectivity index (χ0v) is 8.84. The molecule has 78 valence electrons. The van der Waals surface area contributed by atoms with Crippen molar-refractivity contribution in [3.63, 3.8) is 0 Å². The Balaban J connectivity index is 2.32. The number of hydrogen-bond acceptors (Lipinski definition) is 2. The number of aliphatic hydroxyl groups excluding tert-OH is 1. The van der Waals surface area contributed by atoms with Crippen LogP contribution in [0.25, 0.3) is 0 Å². The standard InChI is InChI=1S/C11H23NO/c1-2-8-12(9-10-13)11-6-4-3-5-7-11/h11,13H,2-10H2,1H3. The first-order chi connectivity index (χ1) is 6.38. The maximum absolute atomic E-state index is 8.95. The van der Waals surface area contributed by atoms with Crippen LogP contribution in [0.1, 0.15) is 45.4 Å². The molecule has 0 amide bonds. The largest absolute Gasteiger partial charge is 0.395 e. The number of rotatable bonds is 5. The van der Waals surface area contributed by atoms with Crippen LogP contribution in [0.15, 0.2) is 0 Å². The summed E-state index contributed by atoms with van der Waals surface area (Å²) in [4.78, 5) is 2.47. The van der Waals surface area contributed by atoms with E-state index in [-0.39, 0.29) is 0 Å². The molecule has 0 aliphatic heterocycles. The Morgan fingerprint density at radius 3 is 2.38 bits per heavy atom. The van der Waals surface area contributed by atoms with Crippen LogP contribution in [0.2, 0.25) is 0 Å². The molecule has 0 bridgehead atoms. The molecule has 0 unspecified atom stereocenters. The Morgan fingerprint density at radius 1 is 1.15 bits per heavy atom. The lowest BCUT2D eigenvalue weighted by Gasteiger charge is -2.33. The van der Waals surface area contributed by atoms with Crippen molar-refractivity contribution in [2.24, 2.45) is 0 Å². The normalized spacial score (nSPS) is 19.6. The van der Waals surface area contributed by atoms with Gasteiger partial charge in [0.15, 0.2) is 0 Å². The molecule has 1 fully saturated rings. The van der Waals surface area contributed by atoms with Crippen LogP contribution < -0.4 is 0 Å². The first kappa shape index (κ1) is 11.0. The minimum atomic E-state index is 0.316. The molecule has 0 radical (unpaired) electrons. The van der Waals surface area contributed by atoms with E-state index in [2.05, 4.69) is 11.8 Å². The minimum Gasteiger partial charge on any atom is -0.395 e. The molecule has 1 aliphatic rings. The second-order valence-corrected chi connectivity index (χ2v) is 4.05. The third-order valence-electron chi connectivity index (χ3n) is 2.99. The van der Waals surface area contributed by atoms with Gasteiger partial charge >= 0.3 is 0 Å². The van der Waals surface area contributed by atoms with Gasteiger partial charge < -0.3 is 5.11 Å². The zero-order chi connectivity index (χ0) is 9.52. The van der Waals surface area contributed by atoms with Crippen molar-refractivity contribution < 1.29 is 5.11 Å². The molecule has 13 heavy (non-hydrogen) atoms. The van der Waals surface area contributed by atoms with Gasteiger partial charge in [0.25, 0.3) is 0 Å². The van der Waals surface area contributed by atoms with Crippen LogP contribution >= 0.6 is 0 Å². The topological polar surface area (TPSA) is 23.5 Å². The molecule has 2 heteroatoms. The van der Waals surface area contributed by atoms with Crippen molar-refractivity contribution in [3.05, 3.63) is 0 Å². The van der Waals surface area contributed by atoms with Crippen LogP contribution in [0.5, 0.6) is 0 Å². The summed E-state index contributed by atoms with van der Waals surface area (Å²) in [5, 5.41) is 8.95. The molecular formula is C11H23NO. The van der Waals surface area contributed by atoms with Gasteiger partial charge in [-0.2, -0.15) is 0 Å². The zero-order valence-electron chi connectivity index (χ0n) is 8.84. The molecule has 0 spiro atoms. The minimum absolute atomic E-state index is 0.316. The molecule has 0 atom stereocenters. The van der Waals surface area contributed by atoms with E-state index in [0.29, 0.717) is 6.61 Å². The number of nitrogens with zero attached hydrogens (tertiary/aromatic N) is 1. The summed E-state index contributed by atoms with van der Waals surface area (Å²) < 4.78 is 0. The summed E-state index contributed by atoms with van der Waals surface area (Å²) in [7, 11) is 0. The van der Waals surface area contributed by atoms with Crippen molar-refractivity contribution in [2.75, 3.05) is 19.7 Å². The fourth-order valence-electron chi connectivity index (χ4n) is 2.34. The molecule has 1 rings (SSSR count). The predicted molar refractivity (Wildman–Crippen MR) is 55.8 cm³/mol. The first-order valence-electron chi connectivity index (χ1n) is 5.73. The highest BCUT2D eigenvalue weighted by molar-refractivity contribution is 4.75. The first-order valence-corrected chi connectivity index (χ1v) is 5.73. The van der Waals surface area contributed by atoms with Crippen molar-refractivity contribution in [3.8, 4) is 0 Å². The predicted octanol–water partition coefficient (Wildman–Crippen LogP) is 2.02. The van der Waals surface area contributed by atoms with Gasteiger partial charge in [0.1, 0.15) is 0 Å². The highest BCUT2D eigenvalue weighted by Gasteiger charge is 2.19. The fourth-order valence-corrected chi connectivity index (χ4v) is 2.34. The second kappa shape index (κ2) is 6.39. The Morgan fingerprint density at radius 2 is 1.85 bits per heavy atom. The van der Waals surface area contributed by atoms with E-state index in [1.807, 2.05) is 0 Å². The Bertz CT molecular complexity index is 115. The number of hydrogen-bond donors (Lipinski definition) is 1. The maximum Gasteiger partial charge on any atom is 0.0558 e. The summed E-state index contributed by atoms with van der Waals surface area (Å²) >= 11 is 0. The van der Waals surface area contributed by atoms with Crippen molar-refractivity contribution >= 4 is 0 Å². The van der Waals surface area contributed by atoms with Crippen molar-refractivity contribution in [1.29, 1.82) is 0 Å². The average molecular weight is 185 g/mol. The molecule has 0 aromatic heterocycles. The van der Waals surface area contributed by atoms with Gasteiger partial charge in [-0.25, -0.2) is 0 Å². The maximum atomic E-state index is 8.95. The van der Waals surface area contributed by atoms with E-state index in [0.717, 1.165) is 19.1 Å². The number of aliphatic hydroxyl groups is 1. The monoisotopic (exact) mass is 185 g/mol. The van der Waals surface area contributed by atoms with Gasteiger partial charge in [-0.1, -0.05) is 26.2 Å². The van der Waals surface area contributed by atoms with Gasteiger partial charge in [0.05, 0.1) is 6.61 Å². The molecule has 0 aromatic carbocycles. The Hall–Kier alpha value is -0.0800. The summed E-state index contributed by atoms with van der Waals surface area (Å²) in [6.45, 7) is 4.56. The summed E-state index contributed by atoms with van der Waals surface area (Å²) in [6, 6.07) is 0.765.